The zero-order chi connectivity index (χ0) is 10.6. The number of likely N-dealkylation sites (N-methyl/N-ethyl adjacent to an activating group) is 1. The van der Waals surface area contributed by atoms with Crippen LogP contribution in [0, 0.1) is 5.82 Å². The van der Waals surface area contributed by atoms with Crippen LogP contribution in [0.25, 0.3) is 0 Å². The van der Waals surface area contributed by atoms with Crippen molar-refractivity contribution < 1.29 is 9.13 Å². The highest BCUT2D eigenvalue weighted by Gasteiger charge is 2.05. The quantitative estimate of drug-likeness (QED) is 0.837. The predicted octanol–water partition coefficient (Wildman–Crippen LogP) is 2.47. The third-order valence-corrected chi connectivity index (χ3v) is 2.01. The summed E-state index contributed by atoms with van der Waals surface area (Å²) < 4.78 is 18.3. The zero-order valence-corrected chi connectivity index (χ0v) is 8.94. The van der Waals surface area contributed by atoms with Gasteiger partial charge in [-0.1, -0.05) is 11.6 Å². The fourth-order valence-corrected chi connectivity index (χ4v) is 1.28. The van der Waals surface area contributed by atoms with E-state index in [1.54, 1.807) is 6.07 Å². The second kappa shape index (κ2) is 5.17. The lowest BCUT2D eigenvalue weighted by Crippen LogP contribution is -2.25. The topological polar surface area (TPSA) is 21.3 Å². The molecule has 0 aliphatic heterocycles. The van der Waals surface area contributed by atoms with Crippen LogP contribution >= 0.6 is 11.6 Å². The van der Waals surface area contributed by atoms with Crippen molar-refractivity contribution >= 4 is 11.6 Å². The van der Waals surface area contributed by atoms with Crippen molar-refractivity contribution in [3.63, 3.8) is 0 Å². The molecule has 1 N–H and O–H groups in total. The second-order valence-corrected chi connectivity index (χ2v) is 3.47. The van der Waals surface area contributed by atoms with Gasteiger partial charge in [0.2, 0.25) is 0 Å². The van der Waals surface area contributed by atoms with Crippen LogP contribution in [0.1, 0.15) is 6.92 Å². The summed E-state index contributed by atoms with van der Waals surface area (Å²) in [6.07, 6.45) is 0.0292. The lowest BCUT2D eigenvalue weighted by Gasteiger charge is -2.14. The van der Waals surface area contributed by atoms with E-state index in [0.717, 1.165) is 6.54 Å². The Kier molecular flexibility index (Phi) is 4.17. The Labute approximate surface area is 88.0 Å². The smallest absolute Gasteiger partial charge is 0.142 e. The Morgan fingerprint density at radius 2 is 2.29 bits per heavy atom. The van der Waals surface area contributed by atoms with Crippen molar-refractivity contribution in [1.82, 2.24) is 5.32 Å². The molecule has 0 aromatic heterocycles. The molecular weight excluding hydrogens is 205 g/mol. The molecule has 0 aliphatic rings. The Bertz CT molecular complexity index is 306. The molecule has 0 bridgehead atoms. The Morgan fingerprint density at radius 3 is 2.86 bits per heavy atom. The van der Waals surface area contributed by atoms with Gasteiger partial charge in [0.1, 0.15) is 17.7 Å². The van der Waals surface area contributed by atoms with Crippen molar-refractivity contribution in [2.24, 2.45) is 0 Å². The van der Waals surface area contributed by atoms with Gasteiger partial charge < -0.3 is 10.1 Å². The molecule has 2 nitrogen and oxygen atoms in total. The van der Waals surface area contributed by atoms with Crippen molar-refractivity contribution in [2.45, 2.75) is 13.0 Å². The Balaban J connectivity index is 2.63. The molecule has 0 radical (unpaired) electrons. The van der Waals surface area contributed by atoms with Crippen molar-refractivity contribution in [3.8, 4) is 5.75 Å². The van der Waals surface area contributed by atoms with Gasteiger partial charge in [0.15, 0.2) is 0 Å². The molecule has 0 fully saturated rings. The van der Waals surface area contributed by atoms with Crippen LogP contribution in [-0.4, -0.2) is 19.7 Å². The highest BCUT2D eigenvalue weighted by atomic mass is 35.5. The normalized spacial score (nSPS) is 12.6. The van der Waals surface area contributed by atoms with Gasteiger partial charge in [-0.3, -0.25) is 0 Å². The molecule has 1 atom stereocenters. The van der Waals surface area contributed by atoms with E-state index in [1.165, 1.54) is 12.1 Å². The zero-order valence-electron chi connectivity index (χ0n) is 8.18. The van der Waals surface area contributed by atoms with Crippen LogP contribution < -0.4 is 10.1 Å². The molecule has 0 spiro atoms. The minimum absolute atomic E-state index is 0.0292. The largest absolute Gasteiger partial charge is 0.489 e. The van der Waals surface area contributed by atoms with Gasteiger partial charge in [-0.05, 0) is 26.1 Å². The fraction of sp³-hybridized carbons (Fsp3) is 0.400. The third kappa shape index (κ3) is 3.16. The van der Waals surface area contributed by atoms with E-state index in [1.807, 2.05) is 14.0 Å². The number of halogens is 2. The number of hydrogen-bond acceptors (Lipinski definition) is 2. The maximum absolute atomic E-state index is 12.8. The molecule has 0 aliphatic carbocycles. The van der Waals surface area contributed by atoms with Crippen molar-refractivity contribution in [3.05, 3.63) is 29.0 Å². The van der Waals surface area contributed by atoms with Crippen LogP contribution in [0.5, 0.6) is 5.75 Å². The van der Waals surface area contributed by atoms with Gasteiger partial charge >= 0.3 is 0 Å². The molecule has 1 rings (SSSR count). The maximum atomic E-state index is 12.8. The number of hydrogen-bond donors (Lipinski definition) is 1. The number of ether oxygens (including phenoxy) is 1. The molecule has 0 heterocycles. The summed E-state index contributed by atoms with van der Waals surface area (Å²) in [5.74, 6) is 0.152. The van der Waals surface area contributed by atoms with Crippen LogP contribution in [-0.2, 0) is 0 Å². The molecule has 0 amide bonds. The van der Waals surface area contributed by atoms with E-state index in [9.17, 15) is 4.39 Å². The summed E-state index contributed by atoms with van der Waals surface area (Å²) in [4.78, 5) is 0. The summed E-state index contributed by atoms with van der Waals surface area (Å²) >= 11 is 5.60. The molecule has 1 aromatic carbocycles. The monoisotopic (exact) mass is 217 g/mol. The van der Waals surface area contributed by atoms with E-state index in [0.29, 0.717) is 5.75 Å². The maximum Gasteiger partial charge on any atom is 0.142 e. The van der Waals surface area contributed by atoms with Crippen molar-refractivity contribution in [2.75, 3.05) is 13.6 Å². The lowest BCUT2D eigenvalue weighted by atomic mass is 10.3. The summed E-state index contributed by atoms with van der Waals surface area (Å²) in [6, 6.07) is 4.33. The van der Waals surface area contributed by atoms with Gasteiger partial charge in [-0.15, -0.1) is 0 Å². The summed E-state index contributed by atoms with van der Waals surface area (Å²) in [7, 11) is 1.84. The lowest BCUT2D eigenvalue weighted by molar-refractivity contribution is 0.220. The average Bonchev–Trinajstić information content (AvgIpc) is 2.12. The summed E-state index contributed by atoms with van der Waals surface area (Å²) in [5, 5.41) is 3.06. The van der Waals surface area contributed by atoms with Crippen LogP contribution in [0.2, 0.25) is 5.02 Å². The molecule has 4 heteroatoms. The van der Waals surface area contributed by atoms with E-state index in [-0.39, 0.29) is 11.1 Å². The van der Waals surface area contributed by atoms with Gasteiger partial charge in [0, 0.05) is 12.6 Å². The first-order chi connectivity index (χ1) is 6.63. The minimum Gasteiger partial charge on any atom is -0.489 e. The Hall–Kier alpha value is -0.800. The molecule has 0 saturated carbocycles. The van der Waals surface area contributed by atoms with E-state index in [4.69, 9.17) is 16.3 Å². The number of nitrogens with one attached hydrogen (secondary N) is 1. The molecule has 14 heavy (non-hydrogen) atoms. The SMILES string of the molecule is CNCC(C)Oc1ccc(F)c(Cl)c1. The average molecular weight is 218 g/mol. The van der Waals surface area contributed by atoms with Gasteiger partial charge in [-0.2, -0.15) is 0 Å². The summed E-state index contributed by atoms with van der Waals surface area (Å²) in [6.45, 7) is 2.66. The van der Waals surface area contributed by atoms with Crippen LogP contribution in [0.15, 0.2) is 18.2 Å². The van der Waals surface area contributed by atoms with Gasteiger partial charge in [-0.25, -0.2) is 4.39 Å². The number of benzene rings is 1. The minimum atomic E-state index is -0.430. The molecule has 1 unspecified atom stereocenters. The molecule has 1 aromatic rings. The first-order valence-corrected chi connectivity index (χ1v) is 4.77. The van der Waals surface area contributed by atoms with Gasteiger partial charge in [0.25, 0.3) is 0 Å². The van der Waals surface area contributed by atoms with Crippen LogP contribution in [0.3, 0.4) is 0 Å². The first-order valence-electron chi connectivity index (χ1n) is 4.39. The number of rotatable bonds is 4. The van der Waals surface area contributed by atoms with E-state index in [2.05, 4.69) is 5.32 Å². The highest BCUT2D eigenvalue weighted by Crippen LogP contribution is 2.21. The van der Waals surface area contributed by atoms with Crippen molar-refractivity contribution in [1.29, 1.82) is 0 Å². The van der Waals surface area contributed by atoms with Gasteiger partial charge in [0.05, 0.1) is 5.02 Å². The molecule has 0 saturated heterocycles. The van der Waals surface area contributed by atoms with Crippen LogP contribution in [0.4, 0.5) is 4.39 Å². The fourth-order valence-electron chi connectivity index (χ4n) is 1.11. The standard InChI is InChI=1S/C10H13ClFNO/c1-7(6-13-2)14-8-3-4-10(12)9(11)5-8/h3-5,7,13H,6H2,1-2H3. The Morgan fingerprint density at radius 1 is 1.57 bits per heavy atom. The molecular formula is C10H13ClFNO. The highest BCUT2D eigenvalue weighted by molar-refractivity contribution is 6.30. The third-order valence-electron chi connectivity index (χ3n) is 1.72. The predicted molar refractivity (Wildman–Crippen MR) is 55.4 cm³/mol. The van der Waals surface area contributed by atoms with E-state index < -0.39 is 5.82 Å². The van der Waals surface area contributed by atoms with E-state index >= 15 is 0 Å². The summed E-state index contributed by atoms with van der Waals surface area (Å²) in [5.41, 5.74) is 0. The molecule has 78 valence electrons. The second-order valence-electron chi connectivity index (χ2n) is 3.06. The first kappa shape index (κ1) is 11.3.